The van der Waals surface area contributed by atoms with Crippen LogP contribution >= 0.6 is 11.3 Å². The Morgan fingerprint density at radius 2 is 1.64 bits per heavy atom. The highest BCUT2D eigenvalue weighted by atomic mass is 32.2. The molecule has 2 N–H and O–H groups in total. The Kier molecular flexibility index (Phi) is 7.42. The lowest BCUT2D eigenvalue weighted by atomic mass is 10.0. The molecule has 174 valence electrons. The Morgan fingerprint density at radius 1 is 0.879 bits per heavy atom. The van der Waals surface area contributed by atoms with Crippen LogP contribution in [0.15, 0.2) is 58.8 Å². The number of nitrogens with zero attached hydrogens (tertiary/aromatic N) is 1. The fourth-order valence-electron chi connectivity index (χ4n) is 3.93. The molecule has 0 radical (unpaired) electrons. The number of hydrogen-bond acceptors (Lipinski definition) is 5. The molecule has 0 spiro atoms. The van der Waals surface area contributed by atoms with Crippen molar-refractivity contribution in [3.8, 4) is 0 Å². The second-order valence-electron chi connectivity index (χ2n) is 8.05. The lowest BCUT2D eigenvalue weighted by Gasteiger charge is -2.25. The third-order valence-electron chi connectivity index (χ3n) is 5.68. The van der Waals surface area contributed by atoms with Crippen LogP contribution in [0.25, 0.3) is 10.8 Å². The molecule has 1 aliphatic heterocycles. The first-order valence-electron chi connectivity index (χ1n) is 11.0. The lowest BCUT2D eigenvalue weighted by Crippen LogP contribution is -2.37. The minimum atomic E-state index is -3.46. The van der Waals surface area contributed by atoms with Gasteiger partial charge in [-0.15, -0.1) is 11.3 Å². The number of fused-ring (bicyclic) bond motifs is 1. The molecule has 7 nitrogen and oxygen atoms in total. The zero-order chi connectivity index (χ0) is 23.3. The summed E-state index contributed by atoms with van der Waals surface area (Å²) in [6.45, 7) is 1.21. The van der Waals surface area contributed by atoms with Crippen molar-refractivity contribution in [2.24, 2.45) is 0 Å². The fraction of sp³-hybridized carbons (Fsp3) is 0.333. The van der Waals surface area contributed by atoms with Gasteiger partial charge in [0, 0.05) is 18.0 Å². The maximum atomic E-state index is 12.7. The summed E-state index contributed by atoms with van der Waals surface area (Å²) in [6.07, 6.45) is 3.03. The molecule has 2 heterocycles. The van der Waals surface area contributed by atoms with Gasteiger partial charge in [0.15, 0.2) is 0 Å². The van der Waals surface area contributed by atoms with Crippen LogP contribution in [-0.2, 0) is 32.6 Å². The number of rotatable bonds is 8. The van der Waals surface area contributed by atoms with Crippen molar-refractivity contribution in [2.75, 3.05) is 19.6 Å². The number of piperidine rings is 1. The molecule has 4 rings (SSSR count). The van der Waals surface area contributed by atoms with Crippen LogP contribution in [-0.4, -0.2) is 44.2 Å². The summed E-state index contributed by atoms with van der Waals surface area (Å²) in [7, 11) is -3.46. The van der Waals surface area contributed by atoms with Crippen LogP contribution in [0.1, 0.15) is 29.7 Å². The van der Waals surface area contributed by atoms with E-state index >= 15 is 0 Å². The summed E-state index contributed by atoms with van der Waals surface area (Å²) in [6, 6.07) is 17.0. The SMILES string of the molecule is O=C(CNC(=O)Cc1cccc2ccccc12)NCc1ccc(S(=O)(=O)N2CCCCC2)s1. The standard InChI is InChI=1S/C24H27N3O4S2/c28-22(15-19-9-6-8-18-7-2-3-10-21(18)19)26-17-23(29)25-16-20-11-12-24(32-20)33(30,31)27-13-4-1-5-14-27/h2-3,6-12H,1,4-5,13-17H2,(H,25,29)(H,26,28). The Morgan fingerprint density at radius 3 is 2.45 bits per heavy atom. The Balaban J connectivity index is 1.25. The van der Waals surface area contributed by atoms with Crippen molar-refractivity contribution in [3.05, 3.63) is 65.0 Å². The van der Waals surface area contributed by atoms with E-state index in [-0.39, 0.29) is 31.3 Å². The Labute approximate surface area is 197 Å². The van der Waals surface area contributed by atoms with Crippen LogP contribution in [0.5, 0.6) is 0 Å². The number of benzene rings is 2. The summed E-state index contributed by atoms with van der Waals surface area (Å²) in [4.78, 5) is 25.3. The van der Waals surface area contributed by atoms with Crippen LogP contribution in [0.2, 0.25) is 0 Å². The summed E-state index contributed by atoms with van der Waals surface area (Å²) in [5, 5.41) is 7.48. The number of hydrogen-bond donors (Lipinski definition) is 2. The first-order chi connectivity index (χ1) is 15.9. The molecule has 0 saturated carbocycles. The van der Waals surface area contributed by atoms with Gasteiger partial charge in [-0.2, -0.15) is 4.31 Å². The Bertz CT molecular complexity index is 1240. The van der Waals surface area contributed by atoms with Crippen molar-refractivity contribution in [3.63, 3.8) is 0 Å². The monoisotopic (exact) mass is 485 g/mol. The molecule has 0 unspecified atom stereocenters. The molecule has 3 aromatic rings. The quantitative estimate of drug-likeness (QED) is 0.513. The summed E-state index contributed by atoms with van der Waals surface area (Å²) in [5.74, 6) is -0.553. The Hall–Kier alpha value is -2.75. The van der Waals surface area contributed by atoms with Gasteiger partial charge in [-0.3, -0.25) is 9.59 Å². The van der Waals surface area contributed by atoms with E-state index in [1.54, 1.807) is 12.1 Å². The first kappa shape index (κ1) is 23.4. The molecular weight excluding hydrogens is 458 g/mol. The number of carbonyl (C=O) groups is 2. The normalized spacial score (nSPS) is 14.8. The summed E-state index contributed by atoms with van der Waals surface area (Å²) in [5.41, 5.74) is 0.909. The van der Waals surface area contributed by atoms with Gasteiger partial charge in [0.25, 0.3) is 10.0 Å². The maximum Gasteiger partial charge on any atom is 0.252 e. The average molecular weight is 486 g/mol. The highest BCUT2D eigenvalue weighted by Gasteiger charge is 2.27. The summed E-state index contributed by atoms with van der Waals surface area (Å²) < 4.78 is 27.3. The fourth-order valence-corrected chi connectivity index (χ4v) is 6.90. The molecule has 1 aliphatic rings. The van der Waals surface area contributed by atoms with E-state index in [0.29, 0.717) is 17.3 Å². The maximum absolute atomic E-state index is 12.7. The average Bonchev–Trinajstić information content (AvgIpc) is 3.32. The molecule has 1 aromatic heterocycles. The molecule has 33 heavy (non-hydrogen) atoms. The van der Waals surface area contributed by atoms with Crippen molar-refractivity contribution < 1.29 is 18.0 Å². The predicted molar refractivity (Wildman–Crippen MR) is 129 cm³/mol. The largest absolute Gasteiger partial charge is 0.350 e. The van der Waals surface area contributed by atoms with E-state index in [1.807, 2.05) is 42.5 Å². The van der Waals surface area contributed by atoms with Gasteiger partial charge < -0.3 is 10.6 Å². The smallest absolute Gasteiger partial charge is 0.252 e. The molecule has 2 amide bonds. The molecule has 2 aromatic carbocycles. The van der Waals surface area contributed by atoms with Gasteiger partial charge in [-0.05, 0) is 41.3 Å². The van der Waals surface area contributed by atoms with Crippen LogP contribution < -0.4 is 10.6 Å². The molecule has 0 atom stereocenters. The predicted octanol–water partition coefficient (Wildman–Crippen LogP) is 3.05. The molecule has 9 heteroatoms. The van der Waals surface area contributed by atoms with E-state index in [2.05, 4.69) is 10.6 Å². The van der Waals surface area contributed by atoms with Crippen molar-refractivity contribution >= 4 is 43.9 Å². The van der Waals surface area contributed by atoms with Crippen molar-refractivity contribution in [2.45, 2.75) is 36.4 Å². The van der Waals surface area contributed by atoms with Gasteiger partial charge in [0.1, 0.15) is 4.21 Å². The molecule has 1 fully saturated rings. The highest BCUT2D eigenvalue weighted by molar-refractivity contribution is 7.91. The van der Waals surface area contributed by atoms with Gasteiger partial charge in [0.05, 0.1) is 19.5 Å². The van der Waals surface area contributed by atoms with Crippen LogP contribution in [0.4, 0.5) is 0 Å². The van der Waals surface area contributed by atoms with E-state index in [9.17, 15) is 18.0 Å². The second kappa shape index (κ2) is 10.5. The second-order valence-corrected chi connectivity index (χ2v) is 11.4. The third-order valence-corrected chi connectivity index (χ3v) is 9.13. The summed E-state index contributed by atoms with van der Waals surface area (Å²) >= 11 is 1.17. The van der Waals surface area contributed by atoms with E-state index < -0.39 is 10.0 Å². The highest BCUT2D eigenvalue weighted by Crippen LogP contribution is 2.27. The van der Waals surface area contributed by atoms with Crippen molar-refractivity contribution in [1.29, 1.82) is 0 Å². The van der Waals surface area contributed by atoms with E-state index in [1.165, 1.54) is 15.6 Å². The molecule has 0 aliphatic carbocycles. The molecular formula is C24H27N3O4S2. The number of amides is 2. The lowest BCUT2D eigenvalue weighted by molar-refractivity contribution is -0.125. The number of nitrogens with one attached hydrogen (secondary N) is 2. The molecule has 1 saturated heterocycles. The van der Waals surface area contributed by atoms with E-state index in [4.69, 9.17) is 0 Å². The minimum absolute atomic E-state index is 0.131. The minimum Gasteiger partial charge on any atom is -0.350 e. The molecule has 0 bridgehead atoms. The number of carbonyl (C=O) groups excluding carboxylic acids is 2. The van der Waals surface area contributed by atoms with Crippen molar-refractivity contribution in [1.82, 2.24) is 14.9 Å². The van der Waals surface area contributed by atoms with E-state index in [0.717, 1.165) is 40.5 Å². The third kappa shape index (κ3) is 5.79. The zero-order valence-electron chi connectivity index (χ0n) is 18.2. The van der Waals surface area contributed by atoms with Gasteiger partial charge in [0.2, 0.25) is 11.8 Å². The van der Waals surface area contributed by atoms with Gasteiger partial charge in [-0.1, -0.05) is 48.9 Å². The first-order valence-corrected chi connectivity index (χ1v) is 13.3. The van der Waals surface area contributed by atoms with Gasteiger partial charge in [-0.25, -0.2) is 8.42 Å². The number of thiophene rings is 1. The van der Waals surface area contributed by atoms with Crippen LogP contribution in [0.3, 0.4) is 0 Å². The van der Waals surface area contributed by atoms with Gasteiger partial charge >= 0.3 is 0 Å². The number of sulfonamides is 1. The topological polar surface area (TPSA) is 95.6 Å². The van der Waals surface area contributed by atoms with Crippen LogP contribution in [0, 0.1) is 0 Å². The zero-order valence-corrected chi connectivity index (χ0v) is 19.9.